The first-order valence-electron chi connectivity index (χ1n) is 10.1. The summed E-state index contributed by atoms with van der Waals surface area (Å²) in [6, 6.07) is 2.69. The van der Waals surface area contributed by atoms with Crippen LogP contribution >= 0.6 is 0 Å². The molecule has 1 saturated heterocycles. The van der Waals surface area contributed by atoms with Gasteiger partial charge in [-0.15, -0.1) is 0 Å². The zero-order valence-electron chi connectivity index (χ0n) is 16.2. The van der Waals surface area contributed by atoms with E-state index < -0.39 is 11.9 Å². The number of hydrogen-bond acceptors (Lipinski definition) is 4. The van der Waals surface area contributed by atoms with E-state index in [2.05, 4.69) is 4.57 Å². The molecule has 0 aromatic carbocycles. The third kappa shape index (κ3) is 3.54. The van der Waals surface area contributed by atoms with Gasteiger partial charge >= 0.3 is 5.97 Å². The summed E-state index contributed by atoms with van der Waals surface area (Å²) in [4.78, 5) is 39.1. The van der Waals surface area contributed by atoms with E-state index in [1.807, 2.05) is 24.8 Å². The number of ether oxygens (including phenoxy) is 1. The second-order valence-corrected chi connectivity index (χ2v) is 8.30. The van der Waals surface area contributed by atoms with Crippen LogP contribution in [-0.4, -0.2) is 46.3 Å². The number of nitrogens with zero attached hydrogens (tertiary/aromatic N) is 2. The molecule has 6 heteroatoms. The highest BCUT2D eigenvalue weighted by Gasteiger charge is 2.39. The van der Waals surface area contributed by atoms with E-state index in [0.717, 1.165) is 49.9 Å². The predicted molar refractivity (Wildman–Crippen MR) is 99.5 cm³/mol. The summed E-state index contributed by atoms with van der Waals surface area (Å²) < 4.78 is 7.52. The molecule has 3 aliphatic rings. The van der Waals surface area contributed by atoms with Gasteiger partial charge in [-0.2, -0.15) is 0 Å². The van der Waals surface area contributed by atoms with Crippen molar-refractivity contribution in [3.8, 4) is 0 Å². The Morgan fingerprint density at radius 1 is 1.11 bits per heavy atom. The lowest BCUT2D eigenvalue weighted by Crippen LogP contribution is -2.35. The lowest BCUT2D eigenvalue weighted by atomic mass is 10.1. The molecule has 1 atom stereocenters. The Morgan fingerprint density at radius 2 is 1.81 bits per heavy atom. The van der Waals surface area contributed by atoms with Gasteiger partial charge in [0.2, 0.25) is 11.7 Å². The van der Waals surface area contributed by atoms with E-state index in [1.54, 1.807) is 0 Å². The second-order valence-electron chi connectivity index (χ2n) is 8.30. The quantitative estimate of drug-likeness (QED) is 0.569. The van der Waals surface area contributed by atoms with Gasteiger partial charge in [0, 0.05) is 42.0 Å². The molecule has 2 heterocycles. The average molecular weight is 372 g/mol. The van der Waals surface area contributed by atoms with Crippen LogP contribution in [0.25, 0.3) is 0 Å². The lowest BCUT2D eigenvalue weighted by Gasteiger charge is -2.23. The number of carbonyl (C=O) groups is 3. The molecule has 27 heavy (non-hydrogen) atoms. The molecule has 0 N–H and O–H groups in total. The Labute approximate surface area is 159 Å². The monoisotopic (exact) mass is 372 g/mol. The molecule has 1 aliphatic heterocycles. The highest BCUT2D eigenvalue weighted by molar-refractivity contribution is 5.99. The van der Waals surface area contributed by atoms with Crippen LogP contribution in [0.15, 0.2) is 6.07 Å². The van der Waals surface area contributed by atoms with Crippen LogP contribution in [0.5, 0.6) is 0 Å². The maximum Gasteiger partial charge on any atom is 0.311 e. The van der Waals surface area contributed by atoms with Gasteiger partial charge < -0.3 is 14.2 Å². The minimum atomic E-state index is -0.440. The largest absolute Gasteiger partial charge is 0.457 e. The molecule has 0 spiro atoms. The third-order valence-electron chi connectivity index (χ3n) is 6.30. The van der Waals surface area contributed by atoms with E-state index in [1.165, 1.54) is 0 Å². The van der Waals surface area contributed by atoms with Crippen LogP contribution in [0.2, 0.25) is 0 Å². The smallest absolute Gasteiger partial charge is 0.311 e. The van der Waals surface area contributed by atoms with Gasteiger partial charge in [-0.3, -0.25) is 14.4 Å². The summed E-state index contributed by atoms with van der Waals surface area (Å²) in [5.74, 6) is -0.985. The molecule has 4 rings (SSSR count). The van der Waals surface area contributed by atoms with Crippen LogP contribution in [0.4, 0.5) is 0 Å². The van der Waals surface area contributed by atoms with Crippen molar-refractivity contribution in [3.05, 3.63) is 23.0 Å². The summed E-state index contributed by atoms with van der Waals surface area (Å²) in [5.41, 5.74) is 2.68. The van der Waals surface area contributed by atoms with Gasteiger partial charge in [0.1, 0.15) is 0 Å². The second kappa shape index (κ2) is 7.13. The normalized spacial score (nSPS) is 23.3. The Morgan fingerprint density at radius 3 is 2.48 bits per heavy atom. The molecule has 2 aliphatic carbocycles. The summed E-state index contributed by atoms with van der Waals surface area (Å²) in [5, 5.41) is 0. The Kier molecular flexibility index (Phi) is 4.82. The number of rotatable bonds is 6. The third-order valence-corrected chi connectivity index (χ3v) is 6.30. The molecule has 1 aromatic heterocycles. The fraction of sp³-hybridized carbons (Fsp3) is 0.667. The number of amides is 1. The summed E-state index contributed by atoms with van der Waals surface area (Å²) >= 11 is 0. The number of ketones is 1. The van der Waals surface area contributed by atoms with Crippen LogP contribution in [-0.2, 0) is 14.3 Å². The van der Waals surface area contributed by atoms with Crippen LogP contribution in [0, 0.1) is 19.8 Å². The highest BCUT2D eigenvalue weighted by Crippen LogP contribution is 2.38. The van der Waals surface area contributed by atoms with E-state index in [-0.39, 0.29) is 30.8 Å². The molecule has 146 valence electrons. The molecule has 0 radical (unpaired) electrons. The fourth-order valence-electron chi connectivity index (χ4n) is 4.74. The minimum Gasteiger partial charge on any atom is -0.457 e. The van der Waals surface area contributed by atoms with E-state index in [9.17, 15) is 14.4 Å². The van der Waals surface area contributed by atoms with Gasteiger partial charge in [-0.05, 0) is 45.6 Å². The number of aryl methyl sites for hydroxylation is 1. The van der Waals surface area contributed by atoms with Crippen molar-refractivity contribution in [3.63, 3.8) is 0 Å². The average Bonchev–Trinajstić information content (AvgIpc) is 3.05. The Balaban J connectivity index is 1.33. The molecule has 1 amide bonds. The number of likely N-dealkylation sites (tertiary alicyclic amines) is 1. The molecule has 6 nitrogen and oxygen atoms in total. The number of hydrogen-bond donors (Lipinski definition) is 0. The topological polar surface area (TPSA) is 68.6 Å². The molecule has 0 bridgehead atoms. The molecular formula is C21H28N2O4. The van der Waals surface area contributed by atoms with Crippen LogP contribution in [0.3, 0.4) is 0 Å². The maximum atomic E-state index is 12.6. The summed E-state index contributed by atoms with van der Waals surface area (Å²) in [6.07, 6.45) is 6.89. The Bertz CT molecular complexity index is 771. The van der Waals surface area contributed by atoms with E-state index in [0.29, 0.717) is 18.2 Å². The fourth-order valence-corrected chi connectivity index (χ4v) is 4.74. The van der Waals surface area contributed by atoms with Gasteiger partial charge in [-0.1, -0.05) is 12.8 Å². The molecule has 1 aromatic rings. The first-order valence-corrected chi connectivity index (χ1v) is 10.1. The molecule has 3 fully saturated rings. The van der Waals surface area contributed by atoms with Crippen molar-refractivity contribution in [2.24, 2.45) is 5.92 Å². The Hall–Kier alpha value is -2.11. The molecule has 2 saturated carbocycles. The lowest BCUT2D eigenvalue weighted by molar-refractivity contribution is -0.147. The first-order chi connectivity index (χ1) is 13.0. The minimum absolute atomic E-state index is 0.0446. The highest BCUT2D eigenvalue weighted by atomic mass is 16.5. The molecular weight excluding hydrogens is 344 g/mol. The zero-order chi connectivity index (χ0) is 19.1. The van der Waals surface area contributed by atoms with Crippen molar-refractivity contribution >= 4 is 17.7 Å². The SMILES string of the molecule is Cc1cc(C(=O)COC(=O)[C@@H]2CC(=O)N(C3CCCC3)C2)c(C)n1C1CC1. The van der Waals surface area contributed by atoms with E-state index in [4.69, 9.17) is 4.74 Å². The van der Waals surface area contributed by atoms with Crippen LogP contribution < -0.4 is 0 Å². The van der Waals surface area contributed by atoms with Gasteiger partial charge in [0.15, 0.2) is 6.61 Å². The van der Waals surface area contributed by atoms with Crippen molar-refractivity contribution in [2.45, 2.75) is 70.9 Å². The summed E-state index contributed by atoms with van der Waals surface area (Å²) in [6.45, 7) is 4.15. The zero-order valence-corrected chi connectivity index (χ0v) is 16.2. The van der Waals surface area contributed by atoms with Crippen molar-refractivity contribution in [1.82, 2.24) is 9.47 Å². The number of aromatic nitrogens is 1. The number of Topliss-reactive ketones (excluding diaryl/α,β-unsaturated/α-hetero) is 1. The summed E-state index contributed by atoms with van der Waals surface area (Å²) in [7, 11) is 0. The van der Waals surface area contributed by atoms with Gasteiger partial charge in [0.25, 0.3) is 0 Å². The number of carbonyl (C=O) groups excluding carboxylic acids is 3. The van der Waals surface area contributed by atoms with Crippen molar-refractivity contribution in [1.29, 1.82) is 0 Å². The number of esters is 1. The van der Waals surface area contributed by atoms with Crippen molar-refractivity contribution in [2.75, 3.05) is 13.2 Å². The standard InChI is InChI=1S/C21H28N2O4/c1-13-9-18(14(2)23(13)17-7-8-17)19(24)12-27-21(26)15-10-20(25)22(11-15)16-5-3-4-6-16/h9,15-17H,3-8,10-12H2,1-2H3/t15-/m1/s1. The molecule has 0 unspecified atom stereocenters. The van der Waals surface area contributed by atoms with Gasteiger partial charge in [0.05, 0.1) is 5.92 Å². The maximum absolute atomic E-state index is 12.6. The van der Waals surface area contributed by atoms with Gasteiger partial charge in [-0.25, -0.2) is 0 Å². The first kappa shape index (κ1) is 18.3. The van der Waals surface area contributed by atoms with Crippen LogP contribution in [0.1, 0.15) is 72.7 Å². The predicted octanol–water partition coefficient (Wildman–Crippen LogP) is 2.96. The van der Waals surface area contributed by atoms with E-state index >= 15 is 0 Å². The van der Waals surface area contributed by atoms with Crippen molar-refractivity contribution < 1.29 is 19.1 Å².